The molecule has 0 amide bonds. The maximum Gasteiger partial charge on any atom is 0.146 e. The van der Waals surface area contributed by atoms with E-state index in [1.807, 2.05) is 0 Å². The van der Waals surface area contributed by atoms with Crippen molar-refractivity contribution in [3.05, 3.63) is 0 Å². The van der Waals surface area contributed by atoms with Crippen molar-refractivity contribution in [2.24, 2.45) is 33.6 Å². The number of fused-ring (bicyclic) bond motifs is 5. The zero-order valence-electron chi connectivity index (χ0n) is 14.0. The molecule has 0 bridgehead atoms. The van der Waals surface area contributed by atoms with Crippen LogP contribution in [0.1, 0.15) is 65.2 Å². The normalized spacial score (nSPS) is 52.8. The van der Waals surface area contributed by atoms with Gasteiger partial charge in [0.1, 0.15) is 10.5 Å². The molecule has 4 aliphatic rings. The molecule has 0 aromatic rings. The van der Waals surface area contributed by atoms with Crippen LogP contribution in [-0.2, 0) is 4.43 Å². The topological polar surface area (TPSA) is 21.6 Å². The van der Waals surface area contributed by atoms with Gasteiger partial charge in [-0.3, -0.25) is 4.99 Å². The molecule has 1 heterocycles. The summed E-state index contributed by atoms with van der Waals surface area (Å²) in [6.07, 6.45) is 11.5. The fraction of sp³-hybridized carbons (Fsp3) is 0.944. The average molecular weight is 306 g/mol. The van der Waals surface area contributed by atoms with E-state index < -0.39 is 0 Å². The highest BCUT2D eigenvalue weighted by Crippen LogP contribution is 2.62. The zero-order valence-corrected chi connectivity index (χ0v) is 16.0. The fourth-order valence-electron chi connectivity index (χ4n) is 6.77. The summed E-state index contributed by atoms with van der Waals surface area (Å²) in [4.78, 5) is 5.15. The van der Waals surface area contributed by atoms with Crippen LogP contribution in [0.5, 0.6) is 0 Å². The van der Waals surface area contributed by atoms with E-state index in [-0.39, 0.29) is 5.41 Å². The van der Waals surface area contributed by atoms with Crippen molar-refractivity contribution >= 4 is 16.2 Å². The Morgan fingerprint density at radius 1 is 1.10 bits per heavy atom. The van der Waals surface area contributed by atoms with Crippen LogP contribution in [0.4, 0.5) is 0 Å². The summed E-state index contributed by atoms with van der Waals surface area (Å²) in [5, 5.41) is 0. The first-order valence-corrected chi connectivity index (χ1v) is 9.98. The first-order chi connectivity index (χ1) is 10.1. The third kappa shape index (κ3) is 1.89. The maximum atomic E-state index is 6.11. The van der Waals surface area contributed by atoms with Crippen LogP contribution in [0.25, 0.3) is 0 Å². The van der Waals surface area contributed by atoms with Crippen molar-refractivity contribution in [1.82, 2.24) is 0 Å². The molecular formula is C18H31NOSi. The predicted molar refractivity (Wildman–Crippen MR) is 90.7 cm³/mol. The predicted octanol–water partition coefficient (Wildman–Crippen LogP) is 3.13. The molecule has 0 N–H and O–H groups in total. The van der Waals surface area contributed by atoms with Crippen molar-refractivity contribution in [2.75, 3.05) is 6.54 Å². The summed E-state index contributed by atoms with van der Waals surface area (Å²) in [6, 6.07) is 0. The monoisotopic (exact) mass is 305 g/mol. The molecule has 0 radical (unpaired) electrons. The SMILES string of the molecule is C[C@@]12CCC[C@H]1[C@@H]1CN=C3CCCC(O[SiH3])[C@]3(C)[C@H]1CC2. The molecule has 6 atom stereocenters. The first kappa shape index (κ1) is 14.4. The first-order valence-electron chi connectivity index (χ1n) is 9.16. The molecule has 0 saturated heterocycles. The van der Waals surface area contributed by atoms with Gasteiger partial charge in [-0.25, -0.2) is 0 Å². The zero-order chi connectivity index (χ0) is 14.7. The van der Waals surface area contributed by atoms with E-state index in [1.54, 1.807) is 0 Å². The number of nitrogens with zero attached hydrogens (tertiary/aromatic N) is 1. The van der Waals surface area contributed by atoms with Gasteiger partial charge in [0.15, 0.2) is 0 Å². The summed E-state index contributed by atoms with van der Waals surface area (Å²) in [7, 11) is 0.873. The minimum absolute atomic E-state index is 0.271. The lowest BCUT2D eigenvalue weighted by molar-refractivity contribution is -0.0493. The van der Waals surface area contributed by atoms with Crippen molar-refractivity contribution in [1.29, 1.82) is 0 Å². The van der Waals surface area contributed by atoms with Crippen LogP contribution < -0.4 is 0 Å². The van der Waals surface area contributed by atoms with E-state index in [1.165, 1.54) is 57.1 Å². The molecule has 2 nitrogen and oxygen atoms in total. The number of aliphatic imine (C=N–C) groups is 1. The Morgan fingerprint density at radius 2 is 1.95 bits per heavy atom. The molecule has 1 aliphatic heterocycles. The Morgan fingerprint density at radius 3 is 2.76 bits per heavy atom. The van der Waals surface area contributed by atoms with Crippen LogP contribution in [-0.4, -0.2) is 28.8 Å². The summed E-state index contributed by atoms with van der Waals surface area (Å²) >= 11 is 0. The van der Waals surface area contributed by atoms with E-state index in [4.69, 9.17) is 9.42 Å². The highest BCUT2D eigenvalue weighted by Gasteiger charge is 2.58. The van der Waals surface area contributed by atoms with Crippen LogP contribution in [0.2, 0.25) is 0 Å². The molecule has 0 spiro atoms. The van der Waals surface area contributed by atoms with E-state index in [2.05, 4.69) is 13.8 Å². The second kappa shape index (κ2) is 4.92. The molecule has 1 unspecified atom stereocenters. The van der Waals surface area contributed by atoms with Crippen LogP contribution >= 0.6 is 0 Å². The van der Waals surface area contributed by atoms with E-state index in [0.29, 0.717) is 11.5 Å². The average Bonchev–Trinajstić information content (AvgIpc) is 2.88. The van der Waals surface area contributed by atoms with E-state index in [0.717, 1.165) is 34.8 Å². The lowest BCUT2D eigenvalue weighted by atomic mass is 9.50. The van der Waals surface area contributed by atoms with Gasteiger partial charge < -0.3 is 4.43 Å². The quantitative estimate of drug-likeness (QED) is 0.682. The number of rotatable bonds is 1. The lowest BCUT2D eigenvalue weighted by Gasteiger charge is -2.58. The molecule has 118 valence electrons. The van der Waals surface area contributed by atoms with Gasteiger partial charge in [0.25, 0.3) is 0 Å². The Balaban J connectivity index is 1.72. The molecule has 3 aliphatic carbocycles. The van der Waals surface area contributed by atoms with E-state index in [9.17, 15) is 0 Å². The Hall–Kier alpha value is -0.153. The van der Waals surface area contributed by atoms with Gasteiger partial charge in [-0.05, 0) is 68.1 Å². The van der Waals surface area contributed by atoms with Crippen LogP contribution in [0.15, 0.2) is 4.99 Å². The molecular weight excluding hydrogens is 274 g/mol. The molecule has 21 heavy (non-hydrogen) atoms. The molecule has 3 heteroatoms. The molecule has 0 aromatic heterocycles. The highest BCUT2D eigenvalue weighted by atomic mass is 28.2. The summed E-state index contributed by atoms with van der Waals surface area (Å²) in [6.45, 7) is 6.22. The standard InChI is InChI=1S/C18H31NOSi/c1-17-9-4-5-13(17)12-11-19-15-6-3-7-16(20-21)18(15,2)14(12)8-10-17/h12-14,16H,3-11H2,1-2,21H3/t12-,13-,14-,16?,17-,18+/m0/s1. The van der Waals surface area contributed by atoms with Gasteiger partial charge in [0, 0.05) is 17.7 Å². The van der Waals surface area contributed by atoms with Gasteiger partial charge in [-0.2, -0.15) is 0 Å². The Labute approximate surface area is 132 Å². The number of hydrogen-bond donors (Lipinski definition) is 0. The molecule has 3 saturated carbocycles. The van der Waals surface area contributed by atoms with Gasteiger partial charge >= 0.3 is 0 Å². The van der Waals surface area contributed by atoms with Crippen molar-refractivity contribution in [3.8, 4) is 0 Å². The highest BCUT2D eigenvalue weighted by molar-refractivity contribution is 5.99. The summed E-state index contributed by atoms with van der Waals surface area (Å²) in [5.74, 6) is 2.63. The van der Waals surface area contributed by atoms with Gasteiger partial charge in [0.2, 0.25) is 0 Å². The van der Waals surface area contributed by atoms with Gasteiger partial charge in [0.05, 0.1) is 6.10 Å². The van der Waals surface area contributed by atoms with Gasteiger partial charge in [-0.15, -0.1) is 0 Å². The number of hydrogen-bond acceptors (Lipinski definition) is 2. The summed E-state index contributed by atoms with van der Waals surface area (Å²) < 4.78 is 6.11. The Kier molecular flexibility index (Phi) is 3.38. The summed E-state index contributed by atoms with van der Waals surface area (Å²) in [5.41, 5.74) is 2.43. The minimum Gasteiger partial charge on any atom is -0.424 e. The van der Waals surface area contributed by atoms with Crippen molar-refractivity contribution in [3.63, 3.8) is 0 Å². The van der Waals surface area contributed by atoms with Gasteiger partial charge in [-0.1, -0.05) is 20.3 Å². The fourth-order valence-corrected chi connectivity index (χ4v) is 7.50. The molecule has 4 rings (SSSR count). The lowest BCUT2D eigenvalue weighted by Crippen LogP contribution is -2.58. The maximum absolute atomic E-state index is 6.11. The van der Waals surface area contributed by atoms with Crippen LogP contribution in [0, 0.1) is 28.6 Å². The van der Waals surface area contributed by atoms with Crippen LogP contribution in [0.3, 0.4) is 0 Å². The molecule has 0 aromatic carbocycles. The van der Waals surface area contributed by atoms with E-state index >= 15 is 0 Å². The largest absolute Gasteiger partial charge is 0.424 e. The Bertz CT molecular complexity index is 464. The van der Waals surface area contributed by atoms with Crippen molar-refractivity contribution < 1.29 is 4.43 Å². The third-order valence-corrected chi connectivity index (χ3v) is 8.51. The minimum atomic E-state index is 0.271. The second-order valence-corrected chi connectivity index (χ2v) is 9.12. The van der Waals surface area contributed by atoms with Crippen molar-refractivity contribution in [2.45, 2.75) is 71.3 Å². The molecule has 3 fully saturated rings. The smallest absolute Gasteiger partial charge is 0.146 e. The second-order valence-electron chi connectivity index (χ2n) is 8.65. The third-order valence-electron chi connectivity index (χ3n) is 7.94.